The van der Waals surface area contributed by atoms with E-state index in [2.05, 4.69) is 5.32 Å². The lowest BCUT2D eigenvalue weighted by Gasteiger charge is -2.21. The van der Waals surface area contributed by atoms with Gasteiger partial charge >= 0.3 is 6.09 Å². The summed E-state index contributed by atoms with van der Waals surface area (Å²) in [6.45, 7) is 5.88. The summed E-state index contributed by atoms with van der Waals surface area (Å²) in [5, 5.41) is 2.69. The fraction of sp³-hybridized carbons (Fsp3) is 0.846. The van der Waals surface area contributed by atoms with Gasteiger partial charge in [0.15, 0.2) is 0 Å². The minimum Gasteiger partial charge on any atom is -0.444 e. The molecule has 1 fully saturated rings. The van der Waals surface area contributed by atoms with E-state index in [4.69, 9.17) is 4.74 Å². The van der Waals surface area contributed by atoms with Crippen LogP contribution in [-0.2, 0) is 9.53 Å². The Labute approximate surface area is 103 Å². The molecule has 0 radical (unpaired) electrons. The standard InChI is InChI=1S/C13H23NO3/c1-13(2,3)17-12(16)14-9-10-7-5-4-6-8-11(10)15/h10H,4-9H2,1-3H3,(H,14,16)/t10-/m1/s1. The molecule has 1 aliphatic carbocycles. The zero-order chi connectivity index (χ0) is 12.9. The van der Waals surface area contributed by atoms with Crippen molar-refractivity contribution in [2.45, 2.75) is 58.5 Å². The second kappa shape index (κ2) is 6.03. The van der Waals surface area contributed by atoms with Crippen molar-refractivity contribution >= 4 is 11.9 Å². The van der Waals surface area contributed by atoms with Crippen molar-refractivity contribution in [2.24, 2.45) is 5.92 Å². The van der Waals surface area contributed by atoms with Gasteiger partial charge in [0.05, 0.1) is 0 Å². The molecule has 0 aromatic carbocycles. The minimum absolute atomic E-state index is 0.0231. The lowest BCUT2D eigenvalue weighted by molar-refractivity contribution is -0.122. The van der Waals surface area contributed by atoms with Crippen LogP contribution in [0.25, 0.3) is 0 Å². The highest BCUT2D eigenvalue weighted by Crippen LogP contribution is 2.19. The lowest BCUT2D eigenvalue weighted by atomic mass is 9.99. The van der Waals surface area contributed by atoms with E-state index in [1.54, 1.807) is 0 Å². The Kier molecular flexibility index (Phi) is 4.97. The van der Waals surface area contributed by atoms with Gasteiger partial charge < -0.3 is 10.1 Å². The van der Waals surface area contributed by atoms with Gasteiger partial charge in [-0.05, 0) is 33.6 Å². The molecule has 1 N–H and O–H groups in total. The molecule has 4 heteroatoms. The quantitative estimate of drug-likeness (QED) is 0.756. The molecule has 0 heterocycles. The molecule has 1 saturated carbocycles. The summed E-state index contributed by atoms with van der Waals surface area (Å²) in [6.07, 6.45) is 4.28. The molecule has 0 unspecified atom stereocenters. The number of carbonyl (C=O) groups is 2. The fourth-order valence-corrected chi connectivity index (χ4v) is 1.97. The summed E-state index contributed by atoms with van der Waals surface area (Å²) in [4.78, 5) is 23.2. The zero-order valence-electron chi connectivity index (χ0n) is 11.0. The summed E-state index contributed by atoms with van der Waals surface area (Å²) in [5.41, 5.74) is -0.489. The number of rotatable bonds is 2. The molecule has 1 atom stereocenters. The second-order valence-corrected chi connectivity index (χ2v) is 5.65. The predicted octanol–water partition coefficient (Wildman–Crippen LogP) is 2.66. The van der Waals surface area contributed by atoms with Crippen LogP contribution in [0.1, 0.15) is 52.9 Å². The van der Waals surface area contributed by atoms with Crippen LogP contribution in [0.3, 0.4) is 0 Å². The van der Waals surface area contributed by atoms with Crippen molar-refractivity contribution in [1.29, 1.82) is 0 Å². The van der Waals surface area contributed by atoms with E-state index in [1.807, 2.05) is 20.8 Å². The maximum atomic E-state index is 11.7. The molecule has 17 heavy (non-hydrogen) atoms. The number of hydrogen-bond donors (Lipinski definition) is 1. The van der Waals surface area contributed by atoms with E-state index < -0.39 is 11.7 Å². The molecule has 98 valence electrons. The van der Waals surface area contributed by atoms with Crippen LogP contribution in [0, 0.1) is 5.92 Å². The van der Waals surface area contributed by atoms with Crippen molar-refractivity contribution in [2.75, 3.05) is 6.54 Å². The SMILES string of the molecule is CC(C)(C)OC(=O)NC[C@H]1CCCCCC1=O. The highest BCUT2D eigenvalue weighted by Gasteiger charge is 2.22. The Balaban J connectivity index is 2.33. The van der Waals surface area contributed by atoms with Crippen molar-refractivity contribution < 1.29 is 14.3 Å². The number of alkyl carbamates (subject to hydrolysis) is 1. The maximum absolute atomic E-state index is 11.7. The molecule has 0 aromatic heterocycles. The first-order valence-electron chi connectivity index (χ1n) is 6.38. The van der Waals surface area contributed by atoms with Crippen molar-refractivity contribution in [3.63, 3.8) is 0 Å². The number of hydrogen-bond acceptors (Lipinski definition) is 3. The molecular weight excluding hydrogens is 218 g/mol. The molecule has 0 spiro atoms. The lowest BCUT2D eigenvalue weighted by Crippen LogP contribution is -2.36. The van der Waals surface area contributed by atoms with E-state index in [1.165, 1.54) is 0 Å². The fourth-order valence-electron chi connectivity index (χ4n) is 1.97. The first-order chi connectivity index (χ1) is 7.88. The summed E-state index contributed by atoms with van der Waals surface area (Å²) < 4.78 is 5.13. The van der Waals surface area contributed by atoms with Crippen molar-refractivity contribution in [3.8, 4) is 0 Å². The van der Waals surface area contributed by atoms with Gasteiger partial charge in [0.1, 0.15) is 11.4 Å². The molecule has 0 saturated heterocycles. The van der Waals surface area contributed by atoms with Gasteiger partial charge in [0.25, 0.3) is 0 Å². The molecule has 1 amide bonds. The third kappa shape index (κ3) is 5.71. The molecular formula is C13H23NO3. The van der Waals surface area contributed by atoms with Crippen LogP contribution in [0.2, 0.25) is 0 Å². The zero-order valence-corrected chi connectivity index (χ0v) is 11.0. The number of nitrogens with one attached hydrogen (secondary N) is 1. The van der Waals surface area contributed by atoms with Gasteiger partial charge in [-0.3, -0.25) is 4.79 Å². The number of Topliss-reactive ketones (excluding diaryl/α,β-unsaturated/α-hetero) is 1. The summed E-state index contributed by atoms with van der Waals surface area (Å²) in [5.74, 6) is 0.253. The average Bonchev–Trinajstić information content (AvgIpc) is 2.37. The Morgan fingerprint density at radius 1 is 1.35 bits per heavy atom. The van der Waals surface area contributed by atoms with Gasteiger partial charge in [-0.25, -0.2) is 4.79 Å². The van der Waals surface area contributed by atoms with E-state index in [9.17, 15) is 9.59 Å². The van der Waals surface area contributed by atoms with Crippen LogP contribution in [0.15, 0.2) is 0 Å². The Hall–Kier alpha value is -1.06. The van der Waals surface area contributed by atoms with Gasteiger partial charge in [-0.15, -0.1) is 0 Å². The summed E-state index contributed by atoms with van der Waals surface area (Å²) in [6, 6.07) is 0. The highest BCUT2D eigenvalue weighted by atomic mass is 16.6. The first kappa shape index (κ1) is 14.0. The monoisotopic (exact) mass is 241 g/mol. The van der Waals surface area contributed by atoms with E-state index in [-0.39, 0.29) is 11.7 Å². The highest BCUT2D eigenvalue weighted by molar-refractivity contribution is 5.82. The summed E-state index contributed by atoms with van der Waals surface area (Å²) >= 11 is 0. The van der Waals surface area contributed by atoms with Gasteiger partial charge in [0.2, 0.25) is 0 Å². The van der Waals surface area contributed by atoms with Crippen molar-refractivity contribution in [3.05, 3.63) is 0 Å². The summed E-state index contributed by atoms with van der Waals surface area (Å²) in [7, 11) is 0. The third-order valence-corrected chi connectivity index (χ3v) is 2.82. The predicted molar refractivity (Wildman–Crippen MR) is 65.8 cm³/mol. The minimum atomic E-state index is -0.489. The number of ketones is 1. The first-order valence-corrected chi connectivity index (χ1v) is 6.38. The smallest absolute Gasteiger partial charge is 0.407 e. The van der Waals surface area contributed by atoms with E-state index in [0.717, 1.165) is 25.7 Å². The Bertz CT molecular complexity index is 281. The molecule has 4 nitrogen and oxygen atoms in total. The molecule has 1 aliphatic rings. The third-order valence-electron chi connectivity index (χ3n) is 2.82. The largest absolute Gasteiger partial charge is 0.444 e. The van der Waals surface area contributed by atoms with Gasteiger partial charge in [-0.1, -0.05) is 12.8 Å². The van der Waals surface area contributed by atoms with Crippen LogP contribution in [0.5, 0.6) is 0 Å². The molecule has 0 bridgehead atoms. The molecule has 1 rings (SSSR count). The van der Waals surface area contributed by atoms with Crippen molar-refractivity contribution in [1.82, 2.24) is 5.32 Å². The van der Waals surface area contributed by atoms with Gasteiger partial charge in [-0.2, -0.15) is 0 Å². The average molecular weight is 241 g/mol. The normalized spacial score (nSPS) is 21.8. The molecule has 0 aliphatic heterocycles. The Morgan fingerprint density at radius 3 is 2.71 bits per heavy atom. The van der Waals surface area contributed by atoms with Crippen LogP contribution in [-0.4, -0.2) is 24.0 Å². The van der Waals surface area contributed by atoms with E-state index >= 15 is 0 Å². The van der Waals surface area contributed by atoms with Crippen LogP contribution >= 0.6 is 0 Å². The number of amides is 1. The molecule has 0 aromatic rings. The van der Waals surface area contributed by atoms with Crippen LogP contribution in [0.4, 0.5) is 4.79 Å². The number of carbonyl (C=O) groups excluding carboxylic acids is 2. The van der Waals surface area contributed by atoms with Crippen LogP contribution < -0.4 is 5.32 Å². The Morgan fingerprint density at radius 2 is 2.06 bits per heavy atom. The topological polar surface area (TPSA) is 55.4 Å². The number of ether oxygens (including phenoxy) is 1. The maximum Gasteiger partial charge on any atom is 0.407 e. The van der Waals surface area contributed by atoms with E-state index in [0.29, 0.717) is 13.0 Å². The van der Waals surface area contributed by atoms with Gasteiger partial charge in [0, 0.05) is 18.9 Å². The second-order valence-electron chi connectivity index (χ2n) is 5.65.